The van der Waals surface area contributed by atoms with Crippen LogP contribution in [0.25, 0.3) is 0 Å². The number of unbranched alkanes of at least 4 members (excludes halogenated alkanes) is 1. The van der Waals surface area contributed by atoms with Crippen molar-refractivity contribution in [1.82, 2.24) is 9.55 Å². The van der Waals surface area contributed by atoms with E-state index in [1.54, 1.807) is 6.07 Å². The molecule has 0 saturated heterocycles. The van der Waals surface area contributed by atoms with Gasteiger partial charge in [-0.3, -0.25) is 0 Å². The van der Waals surface area contributed by atoms with Crippen molar-refractivity contribution >= 4 is 23.3 Å². The van der Waals surface area contributed by atoms with Crippen LogP contribution in [-0.4, -0.2) is 33.8 Å². The maximum atomic E-state index is 12.3. The number of fused-ring (bicyclic) bond motifs is 1. The highest BCUT2D eigenvalue weighted by atomic mass is 35.5. The summed E-state index contributed by atoms with van der Waals surface area (Å²) >= 11 is 6.30. The highest BCUT2D eigenvalue weighted by Crippen LogP contribution is 2.33. The number of aliphatic hydroxyl groups excluding tert-OH is 1. The van der Waals surface area contributed by atoms with Crippen molar-refractivity contribution in [2.24, 2.45) is 0 Å². The van der Waals surface area contributed by atoms with Gasteiger partial charge >= 0.3 is 5.97 Å². The van der Waals surface area contributed by atoms with Crippen LogP contribution in [0.15, 0.2) is 72.0 Å². The summed E-state index contributed by atoms with van der Waals surface area (Å²) in [5.41, 5.74) is 4.17. The molecule has 0 radical (unpaired) electrons. The maximum Gasteiger partial charge on any atom is 0.339 e. The number of aryl methyl sites for hydroxylation is 1. The summed E-state index contributed by atoms with van der Waals surface area (Å²) in [5.74, 6) is 0.535. The fourth-order valence-corrected chi connectivity index (χ4v) is 4.53. The number of para-hydroxylation sites is 1. The molecule has 0 amide bonds. The largest absolute Gasteiger partial charge is 0.465 e. The summed E-state index contributed by atoms with van der Waals surface area (Å²) in [7, 11) is 1.39. The molecule has 4 rings (SSSR count). The van der Waals surface area contributed by atoms with Crippen molar-refractivity contribution in [1.29, 1.82) is 0 Å². The SMILES string of the molecule is CCCCc1nc(Cl)c(CO)n1CC1=CC2=CC=CN(c3ccccc3C(=O)OC)C2C=C1. The number of methoxy groups -OCH3 is 1. The smallest absolute Gasteiger partial charge is 0.339 e. The number of benzene rings is 1. The van der Waals surface area contributed by atoms with E-state index in [-0.39, 0.29) is 18.6 Å². The third-order valence-electron chi connectivity index (χ3n) is 5.96. The van der Waals surface area contributed by atoms with Gasteiger partial charge < -0.3 is 19.3 Å². The first-order chi connectivity index (χ1) is 16.1. The molecule has 0 bridgehead atoms. The Morgan fingerprint density at radius 2 is 2.12 bits per heavy atom. The molecular weight excluding hydrogens is 438 g/mol. The van der Waals surface area contributed by atoms with E-state index in [0.717, 1.165) is 41.9 Å². The highest BCUT2D eigenvalue weighted by molar-refractivity contribution is 6.30. The average Bonchev–Trinajstić information content (AvgIpc) is 3.15. The third-order valence-corrected chi connectivity index (χ3v) is 6.26. The lowest BCUT2D eigenvalue weighted by molar-refractivity contribution is 0.0601. The van der Waals surface area contributed by atoms with Crippen molar-refractivity contribution in [2.75, 3.05) is 12.0 Å². The number of hydrogen-bond donors (Lipinski definition) is 1. The number of allylic oxidation sites excluding steroid dienone is 4. The minimum atomic E-state index is -0.362. The van der Waals surface area contributed by atoms with E-state index in [0.29, 0.717) is 23.0 Å². The Bertz CT molecular complexity index is 1160. The molecular formula is C26H28ClN3O3. The van der Waals surface area contributed by atoms with Crippen LogP contribution in [0.4, 0.5) is 5.69 Å². The van der Waals surface area contributed by atoms with E-state index in [4.69, 9.17) is 16.3 Å². The number of imidazole rings is 1. The van der Waals surface area contributed by atoms with E-state index in [1.807, 2.05) is 35.0 Å². The van der Waals surface area contributed by atoms with Crippen molar-refractivity contribution in [3.8, 4) is 0 Å². The van der Waals surface area contributed by atoms with Gasteiger partial charge in [-0.05, 0) is 35.8 Å². The number of aromatic nitrogens is 2. The molecule has 1 aliphatic carbocycles. The van der Waals surface area contributed by atoms with Crippen LogP contribution in [0.5, 0.6) is 0 Å². The zero-order valence-electron chi connectivity index (χ0n) is 18.9. The van der Waals surface area contributed by atoms with Crippen LogP contribution in [0.1, 0.15) is 41.6 Å². The second-order valence-corrected chi connectivity index (χ2v) is 8.42. The minimum absolute atomic E-state index is 0.0344. The maximum absolute atomic E-state index is 12.3. The molecule has 2 aliphatic rings. The number of ether oxygens (including phenoxy) is 1. The molecule has 0 fully saturated rings. The van der Waals surface area contributed by atoms with Crippen LogP contribution >= 0.6 is 11.6 Å². The first-order valence-electron chi connectivity index (χ1n) is 11.1. The van der Waals surface area contributed by atoms with Crippen LogP contribution in [0, 0.1) is 0 Å². The quantitative estimate of drug-likeness (QED) is 0.557. The molecule has 172 valence electrons. The van der Waals surface area contributed by atoms with Crippen LogP contribution in [-0.2, 0) is 24.3 Å². The van der Waals surface area contributed by atoms with Gasteiger partial charge in [-0.25, -0.2) is 9.78 Å². The van der Waals surface area contributed by atoms with Gasteiger partial charge in [0, 0.05) is 19.2 Å². The Labute approximate surface area is 199 Å². The van der Waals surface area contributed by atoms with Gasteiger partial charge in [0.1, 0.15) is 5.82 Å². The number of anilines is 1. The number of esters is 1. The number of rotatable bonds is 8. The molecule has 1 N–H and O–H groups in total. The molecule has 1 aliphatic heterocycles. The Balaban J connectivity index is 1.61. The van der Waals surface area contributed by atoms with Crippen molar-refractivity contribution in [3.05, 3.63) is 94.2 Å². The van der Waals surface area contributed by atoms with E-state index in [1.165, 1.54) is 7.11 Å². The molecule has 0 spiro atoms. The van der Waals surface area contributed by atoms with Gasteiger partial charge in [0.05, 0.1) is 36.7 Å². The molecule has 1 aromatic heterocycles. The monoisotopic (exact) mass is 465 g/mol. The number of hydrogen-bond acceptors (Lipinski definition) is 5. The number of carbonyl (C=O) groups is 1. The molecule has 2 aromatic rings. The predicted molar refractivity (Wildman–Crippen MR) is 130 cm³/mol. The van der Waals surface area contributed by atoms with Gasteiger partial charge in [-0.1, -0.05) is 61.4 Å². The molecule has 2 heterocycles. The van der Waals surface area contributed by atoms with Crippen molar-refractivity contribution in [3.63, 3.8) is 0 Å². The van der Waals surface area contributed by atoms with Gasteiger partial charge in [0.15, 0.2) is 5.15 Å². The fraction of sp³-hybridized carbons (Fsp3) is 0.308. The predicted octanol–water partition coefficient (Wildman–Crippen LogP) is 4.98. The molecule has 6 nitrogen and oxygen atoms in total. The molecule has 0 saturated carbocycles. The first kappa shape index (κ1) is 23.1. The van der Waals surface area contributed by atoms with Crippen LogP contribution < -0.4 is 4.90 Å². The Kier molecular flexibility index (Phi) is 7.16. The van der Waals surface area contributed by atoms with Gasteiger partial charge in [0.25, 0.3) is 0 Å². The zero-order chi connectivity index (χ0) is 23.4. The molecule has 7 heteroatoms. The number of carbonyl (C=O) groups excluding carboxylic acids is 1. The Morgan fingerprint density at radius 1 is 1.30 bits per heavy atom. The summed E-state index contributed by atoms with van der Waals surface area (Å²) in [4.78, 5) is 18.9. The second-order valence-electron chi connectivity index (χ2n) is 8.06. The number of nitrogens with zero attached hydrogens (tertiary/aromatic N) is 3. The number of halogens is 1. The first-order valence-corrected chi connectivity index (χ1v) is 11.5. The normalized spacial score (nSPS) is 17.0. The van der Waals surface area contributed by atoms with E-state index >= 15 is 0 Å². The average molecular weight is 466 g/mol. The lowest BCUT2D eigenvalue weighted by atomic mass is 9.93. The van der Waals surface area contributed by atoms with Gasteiger partial charge in [-0.15, -0.1) is 0 Å². The second kappa shape index (κ2) is 10.2. The van der Waals surface area contributed by atoms with Crippen molar-refractivity contribution in [2.45, 2.75) is 45.4 Å². The molecule has 33 heavy (non-hydrogen) atoms. The highest BCUT2D eigenvalue weighted by Gasteiger charge is 2.26. The summed E-state index contributed by atoms with van der Waals surface area (Å²) in [6.07, 6.45) is 15.3. The van der Waals surface area contributed by atoms with Gasteiger partial charge in [-0.2, -0.15) is 0 Å². The molecule has 1 atom stereocenters. The molecule has 1 unspecified atom stereocenters. The fourth-order valence-electron chi connectivity index (χ4n) is 4.27. The van der Waals surface area contributed by atoms with E-state index < -0.39 is 0 Å². The van der Waals surface area contributed by atoms with E-state index in [2.05, 4.69) is 41.1 Å². The Hall–Kier alpha value is -3.09. The van der Waals surface area contributed by atoms with Crippen molar-refractivity contribution < 1.29 is 14.6 Å². The summed E-state index contributed by atoms with van der Waals surface area (Å²) in [6.45, 7) is 2.57. The van der Waals surface area contributed by atoms with Crippen LogP contribution in [0.3, 0.4) is 0 Å². The van der Waals surface area contributed by atoms with E-state index in [9.17, 15) is 9.90 Å². The van der Waals surface area contributed by atoms with Crippen LogP contribution in [0.2, 0.25) is 5.15 Å². The minimum Gasteiger partial charge on any atom is -0.465 e. The summed E-state index contributed by atoms with van der Waals surface area (Å²) in [6, 6.07) is 7.41. The lowest BCUT2D eigenvalue weighted by Gasteiger charge is -2.34. The molecule has 1 aromatic carbocycles. The Morgan fingerprint density at radius 3 is 2.88 bits per heavy atom. The third kappa shape index (κ3) is 4.68. The summed E-state index contributed by atoms with van der Waals surface area (Å²) in [5, 5.41) is 10.2. The summed E-state index contributed by atoms with van der Waals surface area (Å²) < 4.78 is 7.00. The lowest BCUT2D eigenvalue weighted by Crippen LogP contribution is -2.34. The topological polar surface area (TPSA) is 67.6 Å². The zero-order valence-corrected chi connectivity index (χ0v) is 19.6. The standard InChI is InChI=1S/C26H28ClN3O3/c1-3-4-11-24-28-25(27)23(17-31)30(24)16-18-12-13-21-19(15-18)8-7-14-29(21)22-10-6-5-9-20(22)26(32)33-2/h5-10,12-15,21,31H,3-4,11,16-17H2,1-2H3. The number of aliphatic hydroxyl groups is 1. The van der Waals surface area contributed by atoms with Gasteiger partial charge in [0.2, 0.25) is 0 Å².